The molecule has 1 aromatic rings. The Labute approximate surface area is 168 Å². The van der Waals surface area contributed by atoms with Crippen molar-refractivity contribution in [2.75, 3.05) is 20.3 Å². The van der Waals surface area contributed by atoms with E-state index in [2.05, 4.69) is 0 Å². The number of carboxylic acids is 1. The zero-order valence-corrected chi connectivity index (χ0v) is 17.0. The molecule has 1 amide bonds. The molecule has 0 unspecified atom stereocenters. The van der Waals surface area contributed by atoms with Gasteiger partial charge in [-0.25, -0.2) is 0 Å². The maximum Gasteiger partial charge on any atom is 0.303 e. The number of hydrogen-bond acceptors (Lipinski definition) is 6. The first-order valence-corrected chi connectivity index (χ1v) is 9.96. The summed E-state index contributed by atoms with van der Waals surface area (Å²) in [6, 6.07) is 5.51. The van der Waals surface area contributed by atoms with E-state index in [4.69, 9.17) is 26.8 Å². The SMILES string of the molecule is CCOc1ccc(/C=C2/SC(=S)N(CCCCCC(=O)O)C2=O)cc1OC. The fourth-order valence-corrected chi connectivity index (χ4v) is 3.92. The number of rotatable bonds is 10. The Kier molecular flexibility index (Phi) is 8.12. The molecule has 0 atom stereocenters. The van der Waals surface area contributed by atoms with Crippen molar-refractivity contribution in [3.8, 4) is 11.5 Å². The van der Waals surface area contributed by atoms with E-state index in [1.165, 1.54) is 11.8 Å². The molecule has 1 fully saturated rings. The number of carbonyl (C=O) groups excluding carboxylic acids is 1. The minimum Gasteiger partial charge on any atom is -0.493 e. The highest BCUT2D eigenvalue weighted by Gasteiger charge is 2.31. The van der Waals surface area contributed by atoms with Crippen molar-refractivity contribution >= 4 is 46.3 Å². The molecular formula is C19H23NO5S2. The Bertz CT molecular complexity index is 748. The predicted molar refractivity (Wildman–Crippen MR) is 110 cm³/mol. The summed E-state index contributed by atoms with van der Waals surface area (Å²) in [6.07, 6.45) is 4.02. The summed E-state index contributed by atoms with van der Waals surface area (Å²) >= 11 is 6.60. The largest absolute Gasteiger partial charge is 0.493 e. The molecule has 1 aliphatic rings. The number of benzene rings is 1. The molecule has 8 heteroatoms. The van der Waals surface area contributed by atoms with Gasteiger partial charge >= 0.3 is 5.97 Å². The number of methoxy groups -OCH3 is 1. The first-order valence-electron chi connectivity index (χ1n) is 8.74. The molecule has 146 valence electrons. The van der Waals surface area contributed by atoms with E-state index >= 15 is 0 Å². The number of amides is 1. The van der Waals surface area contributed by atoms with Crippen molar-refractivity contribution in [2.45, 2.75) is 32.6 Å². The van der Waals surface area contributed by atoms with Crippen molar-refractivity contribution in [3.05, 3.63) is 28.7 Å². The van der Waals surface area contributed by atoms with Crippen molar-refractivity contribution in [1.82, 2.24) is 4.90 Å². The van der Waals surface area contributed by atoms with Gasteiger partial charge in [-0.3, -0.25) is 14.5 Å². The highest BCUT2D eigenvalue weighted by atomic mass is 32.2. The van der Waals surface area contributed by atoms with Crippen LogP contribution in [0, 0.1) is 0 Å². The van der Waals surface area contributed by atoms with Gasteiger partial charge in [-0.1, -0.05) is 36.5 Å². The van der Waals surface area contributed by atoms with Crippen LogP contribution in [-0.4, -0.2) is 46.5 Å². The van der Waals surface area contributed by atoms with E-state index in [-0.39, 0.29) is 12.3 Å². The summed E-state index contributed by atoms with van der Waals surface area (Å²) in [5, 5.41) is 8.65. The zero-order valence-electron chi connectivity index (χ0n) is 15.4. The smallest absolute Gasteiger partial charge is 0.303 e. The summed E-state index contributed by atoms with van der Waals surface area (Å²) in [6.45, 7) is 2.95. The summed E-state index contributed by atoms with van der Waals surface area (Å²) in [5.41, 5.74) is 0.831. The third kappa shape index (κ3) is 5.97. The molecule has 0 radical (unpaired) electrons. The van der Waals surface area contributed by atoms with Gasteiger partial charge in [-0.15, -0.1) is 0 Å². The van der Waals surface area contributed by atoms with Gasteiger partial charge in [0, 0.05) is 13.0 Å². The van der Waals surface area contributed by atoms with Gasteiger partial charge in [0.25, 0.3) is 5.91 Å². The fraction of sp³-hybridized carbons (Fsp3) is 0.421. The van der Waals surface area contributed by atoms with Crippen LogP contribution in [0.25, 0.3) is 6.08 Å². The van der Waals surface area contributed by atoms with Crippen LogP contribution >= 0.6 is 24.0 Å². The Balaban J connectivity index is 2.01. The first kappa shape index (κ1) is 21.2. The van der Waals surface area contributed by atoms with E-state index in [9.17, 15) is 9.59 Å². The zero-order chi connectivity index (χ0) is 19.8. The predicted octanol–water partition coefficient (Wildman–Crippen LogP) is 3.94. The van der Waals surface area contributed by atoms with Gasteiger partial charge in [0.2, 0.25) is 0 Å². The fourth-order valence-electron chi connectivity index (χ4n) is 2.62. The molecule has 1 heterocycles. The molecule has 0 aliphatic carbocycles. The molecule has 1 saturated heterocycles. The van der Waals surface area contributed by atoms with E-state index < -0.39 is 5.97 Å². The standard InChI is InChI=1S/C19H23NO5S2/c1-3-25-14-9-8-13(11-15(14)24-2)12-16-18(23)20(19(26)27-16)10-6-4-5-7-17(21)22/h8-9,11-12H,3-7,10H2,1-2H3,(H,21,22)/b16-12+. The Morgan fingerprint density at radius 3 is 2.74 bits per heavy atom. The average molecular weight is 410 g/mol. The van der Waals surface area contributed by atoms with E-state index in [0.717, 1.165) is 18.4 Å². The van der Waals surface area contributed by atoms with Crippen LogP contribution in [0.4, 0.5) is 0 Å². The second-order valence-electron chi connectivity index (χ2n) is 5.88. The third-order valence-corrected chi connectivity index (χ3v) is 5.31. The number of thiocarbonyl (C=S) groups is 1. The van der Waals surface area contributed by atoms with E-state index in [1.54, 1.807) is 18.1 Å². The molecule has 1 N–H and O–H groups in total. The topological polar surface area (TPSA) is 76.1 Å². The number of thioether (sulfide) groups is 1. The summed E-state index contributed by atoms with van der Waals surface area (Å²) < 4.78 is 11.4. The van der Waals surface area contributed by atoms with Crippen molar-refractivity contribution < 1.29 is 24.2 Å². The summed E-state index contributed by atoms with van der Waals surface area (Å²) in [7, 11) is 1.57. The van der Waals surface area contributed by atoms with Crippen LogP contribution in [0.1, 0.15) is 38.2 Å². The monoisotopic (exact) mass is 409 g/mol. The molecule has 1 aromatic carbocycles. The van der Waals surface area contributed by atoms with Gasteiger partial charge < -0.3 is 14.6 Å². The number of carboxylic acid groups (broad SMARTS) is 1. The highest BCUT2D eigenvalue weighted by molar-refractivity contribution is 8.26. The van der Waals surface area contributed by atoms with Crippen molar-refractivity contribution in [3.63, 3.8) is 0 Å². The molecule has 0 saturated carbocycles. The minimum absolute atomic E-state index is 0.115. The van der Waals surface area contributed by atoms with Gasteiger partial charge in [0.15, 0.2) is 11.5 Å². The lowest BCUT2D eigenvalue weighted by atomic mass is 10.1. The van der Waals surface area contributed by atoms with E-state index in [0.29, 0.717) is 40.3 Å². The summed E-state index contributed by atoms with van der Waals surface area (Å²) in [4.78, 5) is 25.3. The van der Waals surface area contributed by atoms with Crippen LogP contribution in [0.15, 0.2) is 23.1 Å². The number of unbranched alkanes of at least 4 members (excludes halogenated alkanes) is 2. The van der Waals surface area contributed by atoms with Crippen LogP contribution < -0.4 is 9.47 Å². The second kappa shape index (κ2) is 10.3. The lowest BCUT2D eigenvalue weighted by molar-refractivity contribution is -0.137. The second-order valence-corrected chi connectivity index (χ2v) is 7.56. The maximum absolute atomic E-state index is 12.6. The van der Waals surface area contributed by atoms with Crippen LogP contribution in [0.3, 0.4) is 0 Å². The molecule has 0 spiro atoms. The Morgan fingerprint density at radius 1 is 1.30 bits per heavy atom. The van der Waals surface area contributed by atoms with Crippen LogP contribution in [0.2, 0.25) is 0 Å². The minimum atomic E-state index is -0.797. The number of aliphatic carboxylic acids is 1. The molecule has 1 aliphatic heterocycles. The summed E-state index contributed by atoms with van der Waals surface area (Å²) in [5.74, 6) is 0.357. The lowest BCUT2D eigenvalue weighted by Crippen LogP contribution is -2.29. The van der Waals surface area contributed by atoms with Crippen molar-refractivity contribution in [1.29, 1.82) is 0 Å². The number of carbonyl (C=O) groups is 2. The van der Waals surface area contributed by atoms with Gasteiger partial charge in [0.05, 0.1) is 18.6 Å². The highest BCUT2D eigenvalue weighted by Crippen LogP contribution is 2.34. The first-order chi connectivity index (χ1) is 13.0. The van der Waals surface area contributed by atoms with Gasteiger partial charge in [-0.2, -0.15) is 0 Å². The lowest BCUT2D eigenvalue weighted by Gasteiger charge is -2.13. The average Bonchev–Trinajstić information content (AvgIpc) is 2.89. The Morgan fingerprint density at radius 2 is 2.07 bits per heavy atom. The molecule has 0 aromatic heterocycles. The molecule has 2 rings (SSSR count). The molecule has 0 bridgehead atoms. The van der Waals surface area contributed by atoms with Crippen molar-refractivity contribution in [2.24, 2.45) is 0 Å². The molecule has 27 heavy (non-hydrogen) atoms. The maximum atomic E-state index is 12.6. The van der Waals surface area contributed by atoms with Gasteiger partial charge in [0.1, 0.15) is 4.32 Å². The normalized spacial score (nSPS) is 15.5. The van der Waals surface area contributed by atoms with Crippen LogP contribution in [-0.2, 0) is 9.59 Å². The third-order valence-electron chi connectivity index (χ3n) is 3.93. The molecular weight excluding hydrogens is 386 g/mol. The number of ether oxygens (including phenoxy) is 2. The van der Waals surface area contributed by atoms with Gasteiger partial charge in [-0.05, 0) is 43.5 Å². The Hall–Kier alpha value is -2.06. The van der Waals surface area contributed by atoms with E-state index in [1.807, 2.05) is 25.1 Å². The number of hydrogen-bond donors (Lipinski definition) is 1. The quantitative estimate of drug-likeness (QED) is 0.356. The molecule has 6 nitrogen and oxygen atoms in total. The number of nitrogens with zero attached hydrogens (tertiary/aromatic N) is 1. The van der Waals surface area contributed by atoms with Crippen LogP contribution in [0.5, 0.6) is 11.5 Å².